The van der Waals surface area contributed by atoms with Gasteiger partial charge in [0.1, 0.15) is 0 Å². The number of para-hydroxylation sites is 1. The van der Waals surface area contributed by atoms with E-state index in [4.69, 9.17) is 17.0 Å². The molecule has 1 aromatic carbocycles. The maximum Gasteiger partial charge on any atom is 0.173 e. The number of anilines is 1. The molecule has 0 radical (unpaired) electrons. The maximum atomic E-state index is 6.00. The molecule has 3 saturated heterocycles. The molecule has 3 aliphatic heterocycles. The third-order valence-electron chi connectivity index (χ3n) is 4.76. The zero-order chi connectivity index (χ0) is 12.8. The number of ether oxygens (including phenoxy) is 1. The van der Waals surface area contributed by atoms with Crippen LogP contribution in [0.2, 0.25) is 0 Å². The third-order valence-corrected chi connectivity index (χ3v) is 5.13. The number of likely N-dealkylation sites (tertiary alicyclic amines) is 1. The average molecular weight is 274 g/mol. The molecule has 4 rings (SSSR count). The lowest BCUT2D eigenvalue weighted by Gasteiger charge is -2.22. The van der Waals surface area contributed by atoms with Gasteiger partial charge in [-0.05, 0) is 37.2 Å². The fourth-order valence-electron chi connectivity index (χ4n) is 3.85. The van der Waals surface area contributed by atoms with E-state index in [1.807, 2.05) is 18.2 Å². The topological polar surface area (TPSA) is 24.5 Å². The van der Waals surface area contributed by atoms with E-state index in [0.717, 1.165) is 23.9 Å². The molecule has 1 aromatic rings. The molecule has 0 saturated carbocycles. The van der Waals surface area contributed by atoms with E-state index < -0.39 is 0 Å². The second-order valence-electron chi connectivity index (χ2n) is 5.82. The number of hydrogen-bond donors (Lipinski definition) is 1. The van der Waals surface area contributed by atoms with Crippen LogP contribution in [-0.4, -0.2) is 35.3 Å². The van der Waals surface area contributed by atoms with Gasteiger partial charge in [-0.15, -0.1) is 0 Å². The molecule has 19 heavy (non-hydrogen) atoms. The van der Waals surface area contributed by atoms with Crippen LogP contribution in [0.5, 0.6) is 0 Å². The van der Waals surface area contributed by atoms with Crippen LogP contribution in [-0.2, 0) is 4.74 Å². The highest BCUT2D eigenvalue weighted by Crippen LogP contribution is 2.47. The molecule has 0 amide bonds. The van der Waals surface area contributed by atoms with Gasteiger partial charge >= 0.3 is 0 Å². The number of nitrogens with one attached hydrogen (secondary N) is 1. The van der Waals surface area contributed by atoms with E-state index in [2.05, 4.69) is 22.3 Å². The highest BCUT2D eigenvalue weighted by molar-refractivity contribution is 7.80. The van der Waals surface area contributed by atoms with Crippen molar-refractivity contribution < 1.29 is 4.74 Å². The second kappa shape index (κ2) is 4.46. The molecular weight excluding hydrogens is 256 g/mol. The molecule has 3 aliphatic rings. The molecule has 0 aliphatic carbocycles. The number of fused-ring (bicyclic) bond motifs is 5. The van der Waals surface area contributed by atoms with Gasteiger partial charge in [-0.25, -0.2) is 0 Å². The Bertz CT molecular complexity index is 474. The summed E-state index contributed by atoms with van der Waals surface area (Å²) in [6, 6.07) is 10.2. The molecule has 3 nitrogen and oxygen atoms in total. The minimum Gasteiger partial charge on any atom is -0.374 e. The fraction of sp³-hybridized carbons (Fsp3) is 0.533. The summed E-state index contributed by atoms with van der Waals surface area (Å²) >= 11 is 5.55. The van der Waals surface area contributed by atoms with E-state index in [9.17, 15) is 0 Å². The molecule has 3 fully saturated rings. The summed E-state index contributed by atoms with van der Waals surface area (Å²) in [6.07, 6.45) is 3.50. The SMILES string of the molecule is S=C(Nc1ccccc1)N1C[C@@H]2[C@H](C1)[C@H]1CC[C@@H]2O1. The van der Waals surface area contributed by atoms with Crippen molar-refractivity contribution >= 4 is 23.0 Å². The van der Waals surface area contributed by atoms with Crippen molar-refractivity contribution in [3.05, 3.63) is 30.3 Å². The summed E-state index contributed by atoms with van der Waals surface area (Å²) in [5, 5.41) is 4.20. The maximum absolute atomic E-state index is 6.00. The van der Waals surface area contributed by atoms with E-state index in [-0.39, 0.29) is 0 Å². The minimum atomic E-state index is 0.500. The van der Waals surface area contributed by atoms with Crippen LogP contribution in [0.4, 0.5) is 5.69 Å². The number of thiocarbonyl (C=S) groups is 1. The average Bonchev–Trinajstić information content (AvgIpc) is 3.12. The van der Waals surface area contributed by atoms with E-state index in [1.165, 1.54) is 12.8 Å². The molecule has 2 bridgehead atoms. The Labute approximate surface area is 118 Å². The lowest BCUT2D eigenvalue weighted by atomic mass is 9.82. The summed E-state index contributed by atoms with van der Waals surface area (Å²) in [5.41, 5.74) is 1.07. The van der Waals surface area contributed by atoms with Crippen molar-refractivity contribution in [2.45, 2.75) is 25.0 Å². The smallest absolute Gasteiger partial charge is 0.173 e. The van der Waals surface area contributed by atoms with Crippen LogP contribution in [0, 0.1) is 11.8 Å². The highest BCUT2D eigenvalue weighted by Gasteiger charge is 2.53. The first-order chi connectivity index (χ1) is 9.31. The predicted molar refractivity (Wildman–Crippen MR) is 79.1 cm³/mol. The lowest BCUT2D eigenvalue weighted by molar-refractivity contribution is 0.0771. The van der Waals surface area contributed by atoms with Crippen molar-refractivity contribution in [2.24, 2.45) is 11.8 Å². The Kier molecular flexibility index (Phi) is 2.74. The van der Waals surface area contributed by atoms with Gasteiger partial charge in [0.15, 0.2) is 5.11 Å². The first-order valence-electron chi connectivity index (χ1n) is 7.08. The number of hydrogen-bond acceptors (Lipinski definition) is 2. The first kappa shape index (κ1) is 11.7. The van der Waals surface area contributed by atoms with Crippen LogP contribution in [0.15, 0.2) is 30.3 Å². The molecule has 4 atom stereocenters. The monoisotopic (exact) mass is 274 g/mol. The van der Waals surface area contributed by atoms with Gasteiger partial charge in [0.05, 0.1) is 12.2 Å². The molecule has 4 heteroatoms. The molecule has 3 heterocycles. The third kappa shape index (κ3) is 1.94. The van der Waals surface area contributed by atoms with Gasteiger partial charge in [0.25, 0.3) is 0 Å². The Balaban J connectivity index is 1.43. The van der Waals surface area contributed by atoms with E-state index in [0.29, 0.717) is 24.0 Å². The molecule has 0 aromatic heterocycles. The van der Waals surface area contributed by atoms with Crippen LogP contribution in [0.1, 0.15) is 12.8 Å². The quantitative estimate of drug-likeness (QED) is 0.795. The molecular formula is C15H18N2OS. The van der Waals surface area contributed by atoms with Crippen molar-refractivity contribution in [1.82, 2.24) is 4.90 Å². The fourth-order valence-corrected chi connectivity index (χ4v) is 4.12. The second-order valence-corrected chi connectivity index (χ2v) is 6.21. The summed E-state index contributed by atoms with van der Waals surface area (Å²) in [7, 11) is 0. The Morgan fingerprint density at radius 2 is 1.74 bits per heavy atom. The van der Waals surface area contributed by atoms with E-state index >= 15 is 0 Å². The van der Waals surface area contributed by atoms with Crippen molar-refractivity contribution in [3.8, 4) is 0 Å². The normalized spacial score (nSPS) is 35.5. The number of rotatable bonds is 1. The summed E-state index contributed by atoms with van der Waals surface area (Å²) in [5.74, 6) is 1.41. The van der Waals surface area contributed by atoms with Gasteiger partial charge in [-0.1, -0.05) is 18.2 Å². The molecule has 100 valence electrons. The minimum absolute atomic E-state index is 0.500. The number of benzene rings is 1. The summed E-state index contributed by atoms with van der Waals surface area (Å²) in [4.78, 5) is 2.32. The van der Waals surface area contributed by atoms with Crippen LogP contribution in [0.25, 0.3) is 0 Å². The largest absolute Gasteiger partial charge is 0.374 e. The number of nitrogens with zero attached hydrogens (tertiary/aromatic N) is 1. The highest BCUT2D eigenvalue weighted by atomic mass is 32.1. The Morgan fingerprint density at radius 1 is 1.11 bits per heavy atom. The Morgan fingerprint density at radius 3 is 2.37 bits per heavy atom. The van der Waals surface area contributed by atoms with Gasteiger partial charge in [0, 0.05) is 30.6 Å². The summed E-state index contributed by atoms with van der Waals surface area (Å²) in [6.45, 7) is 2.12. The van der Waals surface area contributed by atoms with Crippen LogP contribution >= 0.6 is 12.2 Å². The van der Waals surface area contributed by atoms with Crippen LogP contribution in [0.3, 0.4) is 0 Å². The summed E-state index contributed by atoms with van der Waals surface area (Å²) < 4.78 is 6.00. The first-order valence-corrected chi connectivity index (χ1v) is 7.48. The predicted octanol–water partition coefficient (Wildman–Crippen LogP) is 2.49. The molecule has 0 unspecified atom stereocenters. The van der Waals surface area contributed by atoms with Crippen molar-refractivity contribution in [2.75, 3.05) is 18.4 Å². The van der Waals surface area contributed by atoms with Gasteiger partial charge < -0.3 is 15.0 Å². The van der Waals surface area contributed by atoms with Gasteiger partial charge in [0.2, 0.25) is 0 Å². The lowest BCUT2D eigenvalue weighted by Crippen LogP contribution is -2.34. The van der Waals surface area contributed by atoms with Crippen LogP contribution < -0.4 is 5.32 Å². The zero-order valence-electron chi connectivity index (χ0n) is 10.8. The van der Waals surface area contributed by atoms with Gasteiger partial charge in [-0.2, -0.15) is 0 Å². The van der Waals surface area contributed by atoms with Crippen molar-refractivity contribution in [3.63, 3.8) is 0 Å². The van der Waals surface area contributed by atoms with E-state index in [1.54, 1.807) is 0 Å². The van der Waals surface area contributed by atoms with Crippen molar-refractivity contribution in [1.29, 1.82) is 0 Å². The zero-order valence-corrected chi connectivity index (χ0v) is 11.6. The van der Waals surface area contributed by atoms with Gasteiger partial charge in [-0.3, -0.25) is 0 Å². The Hall–Kier alpha value is -1.13. The standard InChI is InChI=1S/C15H18N2OS/c19-15(16-10-4-2-1-3-5-10)17-8-11-12(9-17)14-7-6-13(11)18-14/h1-5,11-14H,6-9H2,(H,16,19)/t11-,12+,13+,14-. The molecule has 1 N–H and O–H groups in total. The molecule has 0 spiro atoms.